The molecule has 2 aromatic rings. The minimum Gasteiger partial charge on any atom is -0.381 e. The SMILES string of the molecule is N#Cc1cc(C#N)cc(CNc2cccc(CN3CCCC3=O)c2)c1. The molecule has 5 heteroatoms. The van der Waals surface area contributed by atoms with E-state index in [1.807, 2.05) is 29.2 Å². The van der Waals surface area contributed by atoms with Crippen molar-refractivity contribution in [3.8, 4) is 12.1 Å². The molecule has 25 heavy (non-hydrogen) atoms. The first-order valence-corrected chi connectivity index (χ1v) is 8.23. The van der Waals surface area contributed by atoms with Crippen molar-refractivity contribution in [2.24, 2.45) is 0 Å². The van der Waals surface area contributed by atoms with Crippen LogP contribution in [0.1, 0.15) is 35.1 Å². The minimum atomic E-state index is 0.218. The third-order valence-electron chi connectivity index (χ3n) is 4.22. The maximum absolute atomic E-state index is 11.8. The second kappa shape index (κ2) is 7.51. The molecule has 0 atom stereocenters. The number of carbonyl (C=O) groups excluding carboxylic acids is 1. The lowest BCUT2D eigenvalue weighted by Gasteiger charge is -2.16. The quantitative estimate of drug-likeness (QED) is 0.913. The van der Waals surface area contributed by atoms with Crippen molar-refractivity contribution in [3.05, 3.63) is 64.7 Å². The lowest BCUT2D eigenvalue weighted by atomic mass is 10.1. The van der Waals surface area contributed by atoms with E-state index in [1.165, 1.54) is 0 Å². The zero-order valence-corrected chi connectivity index (χ0v) is 13.8. The van der Waals surface area contributed by atoms with Crippen LogP contribution in [-0.2, 0) is 17.9 Å². The molecule has 0 radical (unpaired) electrons. The molecule has 0 aromatic heterocycles. The zero-order valence-electron chi connectivity index (χ0n) is 13.8. The highest BCUT2D eigenvalue weighted by Crippen LogP contribution is 2.18. The molecule has 1 fully saturated rings. The number of benzene rings is 2. The van der Waals surface area contributed by atoms with Crippen LogP contribution in [0.5, 0.6) is 0 Å². The molecule has 124 valence electrons. The van der Waals surface area contributed by atoms with Gasteiger partial charge in [0, 0.05) is 31.7 Å². The Labute approximate surface area is 147 Å². The monoisotopic (exact) mass is 330 g/mol. The van der Waals surface area contributed by atoms with Crippen LogP contribution in [0.15, 0.2) is 42.5 Å². The number of rotatable bonds is 5. The Balaban J connectivity index is 1.68. The molecule has 1 aliphatic rings. The van der Waals surface area contributed by atoms with Crippen LogP contribution in [0.4, 0.5) is 5.69 Å². The van der Waals surface area contributed by atoms with Gasteiger partial charge in [-0.2, -0.15) is 10.5 Å². The summed E-state index contributed by atoms with van der Waals surface area (Å²) in [5.41, 5.74) is 3.89. The summed E-state index contributed by atoms with van der Waals surface area (Å²) in [4.78, 5) is 13.6. The van der Waals surface area contributed by atoms with Gasteiger partial charge >= 0.3 is 0 Å². The number of amides is 1. The normalized spacial score (nSPS) is 13.4. The third-order valence-corrected chi connectivity index (χ3v) is 4.22. The first kappa shape index (κ1) is 16.5. The number of hydrogen-bond donors (Lipinski definition) is 1. The first-order valence-electron chi connectivity index (χ1n) is 8.23. The Morgan fingerprint density at radius 1 is 1.04 bits per heavy atom. The summed E-state index contributed by atoms with van der Waals surface area (Å²) in [6.45, 7) is 1.99. The van der Waals surface area contributed by atoms with E-state index in [-0.39, 0.29) is 5.91 Å². The highest BCUT2D eigenvalue weighted by Gasteiger charge is 2.19. The summed E-state index contributed by atoms with van der Waals surface area (Å²) in [6, 6.07) is 17.3. The molecule has 3 rings (SSSR count). The van der Waals surface area contributed by atoms with Gasteiger partial charge in [0.2, 0.25) is 5.91 Å². The molecule has 2 aromatic carbocycles. The summed E-state index contributed by atoms with van der Waals surface area (Å²) in [5.74, 6) is 0.218. The fraction of sp³-hybridized carbons (Fsp3) is 0.250. The van der Waals surface area contributed by atoms with Gasteiger partial charge in [0.1, 0.15) is 0 Å². The number of nitriles is 2. The van der Waals surface area contributed by atoms with Gasteiger partial charge in [-0.1, -0.05) is 12.1 Å². The highest BCUT2D eigenvalue weighted by molar-refractivity contribution is 5.78. The lowest BCUT2D eigenvalue weighted by molar-refractivity contribution is -0.128. The van der Waals surface area contributed by atoms with E-state index in [4.69, 9.17) is 10.5 Å². The van der Waals surface area contributed by atoms with Gasteiger partial charge in [0.15, 0.2) is 0 Å². The van der Waals surface area contributed by atoms with E-state index in [9.17, 15) is 4.79 Å². The van der Waals surface area contributed by atoms with Crippen molar-refractivity contribution in [2.45, 2.75) is 25.9 Å². The van der Waals surface area contributed by atoms with Crippen molar-refractivity contribution in [3.63, 3.8) is 0 Å². The van der Waals surface area contributed by atoms with E-state index >= 15 is 0 Å². The highest BCUT2D eigenvalue weighted by atomic mass is 16.2. The van der Waals surface area contributed by atoms with E-state index in [0.717, 1.165) is 29.8 Å². The Morgan fingerprint density at radius 2 is 1.80 bits per heavy atom. The van der Waals surface area contributed by atoms with Gasteiger partial charge in [0.25, 0.3) is 0 Å². The molecular weight excluding hydrogens is 312 g/mol. The maximum Gasteiger partial charge on any atom is 0.222 e. The van der Waals surface area contributed by atoms with Crippen LogP contribution >= 0.6 is 0 Å². The van der Waals surface area contributed by atoms with Crippen molar-refractivity contribution in [1.82, 2.24) is 4.90 Å². The van der Waals surface area contributed by atoms with Gasteiger partial charge in [-0.05, 0) is 47.9 Å². The number of likely N-dealkylation sites (tertiary alicyclic amines) is 1. The van der Waals surface area contributed by atoms with E-state index in [1.54, 1.807) is 18.2 Å². The number of carbonyl (C=O) groups is 1. The molecule has 1 aliphatic heterocycles. The zero-order chi connectivity index (χ0) is 17.6. The second-order valence-corrected chi connectivity index (χ2v) is 6.11. The Hall–Kier alpha value is -3.31. The Bertz CT molecular complexity index is 844. The molecule has 1 heterocycles. The predicted octanol–water partition coefficient (Wildman–Crippen LogP) is 3.16. The molecule has 1 saturated heterocycles. The lowest BCUT2D eigenvalue weighted by Crippen LogP contribution is -2.23. The summed E-state index contributed by atoms with van der Waals surface area (Å²) in [7, 11) is 0. The molecule has 5 nitrogen and oxygen atoms in total. The number of hydrogen-bond acceptors (Lipinski definition) is 4. The molecule has 1 N–H and O–H groups in total. The van der Waals surface area contributed by atoms with Gasteiger partial charge < -0.3 is 10.2 Å². The average molecular weight is 330 g/mol. The van der Waals surface area contributed by atoms with Crippen molar-refractivity contribution in [1.29, 1.82) is 10.5 Å². The van der Waals surface area contributed by atoms with Crippen molar-refractivity contribution < 1.29 is 4.79 Å². The van der Waals surface area contributed by atoms with Gasteiger partial charge in [-0.3, -0.25) is 4.79 Å². The van der Waals surface area contributed by atoms with Crippen LogP contribution in [0.3, 0.4) is 0 Å². The Morgan fingerprint density at radius 3 is 2.44 bits per heavy atom. The topological polar surface area (TPSA) is 79.9 Å². The maximum atomic E-state index is 11.8. The van der Waals surface area contributed by atoms with Crippen molar-refractivity contribution >= 4 is 11.6 Å². The van der Waals surface area contributed by atoms with Crippen LogP contribution in [0.25, 0.3) is 0 Å². The number of nitrogens with one attached hydrogen (secondary N) is 1. The Kier molecular flexibility index (Phi) is 4.97. The molecule has 1 amide bonds. The number of anilines is 1. The third kappa shape index (κ3) is 4.16. The molecular formula is C20H18N4O. The average Bonchev–Trinajstić information content (AvgIpc) is 3.04. The van der Waals surface area contributed by atoms with Gasteiger partial charge in [0.05, 0.1) is 23.3 Å². The van der Waals surface area contributed by atoms with Crippen LogP contribution in [0.2, 0.25) is 0 Å². The van der Waals surface area contributed by atoms with Crippen LogP contribution in [0, 0.1) is 22.7 Å². The van der Waals surface area contributed by atoms with Gasteiger partial charge in [-0.15, -0.1) is 0 Å². The molecule has 0 aliphatic carbocycles. The summed E-state index contributed by atoms with van der Waals surface area (Å²) < 4.78 is 0. The van der Waals surface area contributed by atoms with Crippen LogP contribution in [-0.4, -0.2) is 17.4 Å². The fourth-order valence-electron chi connectivity index (χ4n) is 3.00. The van der Waals surface area contributed by atoms with Gasteiger partial charge in [-0.25, -0.2) is 0 Å². The molecule has 0 spiro atoms. The summed E-state index contributed by atoms with van der Waals surface area (Å²) >= 11 is 0. The van der Waals surface area contributed by atoms with Crippen molar-refractivity contribution in [2.75, 3.05) is 11.9 Å². The van der Waals surface area contributed by atoms with Crippen LogP contribution < -0.4 is 5.32 Å². The standard InChI is InChI=1S/C20H18N4O/c21-11-16-7-17(12-22)9-18(8-16)13-23-19-4-1-3-15(10-19)14-24-6-2-5-20(24)25/h1,3-4,7-10,23H,2,5-6,13-14H2. The predicted molar refractivity (Wildman–Crippen MR) is 94.3 cm³/mol. The smallest absolute Gasteiger partial charge is 0.222 e. The summed E-state index contributed by atoms with van der Waals surface area (Å²) in [5, 5.41) is 21.4. The summed E-state index contributed by atoms with van der Waals surface area (Å²) in [6.07, 6.45) is 1.58. The van der Waals surface area contributed by atoms with E-state index in [0.29, 0.717) is 30.6 Å². The molecule has 0 bridgehead atoms. The largest absolute Gasteiger partial charge is 0.381 e. The van der Waals surface area contributed by atoms with E-state index < -0.39 is 0 Å². The van der Waals surface area contributed by atoms with E-state index in [2.05, 4.69) is 17.5 Å². The minimum absolute atomic E-state index is 0.218. The second-order valence-electron chi connectivity index (χ2n) is 6.11. The first-order chi connectivity index (χ1) is 12.2. The fourth-order valence-corrected chi connectivity index (χ4v) is 3.00. The molecule has 0 saturated carbocycles. The molecule has 0 unspecified atom stereocenters. The number of nitrogens with zero attached hydrogens (tertiary/aromatic N) is 3.